The van der Waals surface area contributed by atoms with Crippen molar-refractivity contribution >= 4 is 17.9 Å². The zero-order valence-electron chi connectivity index (χ0n) is 22.1. The van der Waals surface area contributed by atoms with Gasteiger partial charge in [0.2, 0.25) is 0 Å². The van der Waals surface area contributed by atoms with Crippen molar-refractivity contribution in [3.63, 3.8) is 0 Å². The fourth-order valence-corrected chi connectivity index (χ4v) is 2.56. The molecule has 0 rings (SSSR count). The second-order valence-corrected chi connectivity index (χ2v) is 7.57. The summed E-state index contributed by atoms with van der Waals surface area (Å²) in [6.45, 7) is 4.51. The van der Waals surface area contributed by atoms with Crippen LogP contribution < -0.4 is 0 Å². The number of esters is 3. The standard InChI is InChI=1S/C25H40O13/c1-4-18(27)23(30)36-13-7-10-33-17-22(35-12-9-15-38-25(32)20(29)6-3)21(16-26)34-11-8-14-37-24(31)19(28)5-2/h4-6,21-22,26-29H,7-17H2,1-3H3. The van der Waals surface area contributed by atoms with Gasteiger partial charge in [-0.1, -0.05) is 0 Å². The highest BCUT2D eigenvalue weighted by Crippen LogP contribution is 2.08. The molecule has 0 bridgehead atoms. The molecule has 2 atom stereocenters. The highest BCUT2D eigenvalue weighted by molar-refractivity contribution is 5.86. The van der Waals surface area contributed by atoms with Crippen LogP contribution in [0.4, 0.5) is 0 Å². The van der Waals surface area contributed by atoms with E-state index >= 15 is 0 Å². The predicted octanol–water partition coefficient (Wildman–Crippen LogP) is 1.95. The third kappa shape index (κ3) is 15.9. The van der Waals surface area contributed by atoms with Crippen molar-refractivity contribution < 1.29 is 63.2 Å². The summed E-state index contributed by atoms with van der Waals surface area (Å²) in [6.07, 6.45) is 3.06. The molecule has 0 amide bonds. The molecule has 218 valence electrons. The summed E-state index contributed by atoms with van der Waals surface area (Å²) in [5, 5.41) is 37.7. The van der Waals surface area contributed by atoms with Crippen LogP contribution >= 0.6 is 0 Å². The minimum Gasteiger partial charge on any atom is -0.502 e. The molecule has 0 radical (unpaired) electrons. The minimum atomic E-state index is -0.851. The van der Waals surface area contributed by atoms with Crippen LogP contribution in [0.2, 0.25) is 0 Å². The van der Waals surface area contributed by atoms with Crippen LogP contribution in [-0.4, -0.2) is 103 Å². The molecular weight excluding hydrogens is 508 g/mol. The van der Waals surface area contributed by atoms with E-state index in [2.05, 4.69) is 0 Å². The van der Waals surface area contributed by atoms with Crippen LogP contribution in [0.25, 0.3) is 0 Å². The Morgan fingerprint density at radius 3 is 1.34 bits per heavy atom. The van der Waals surface area contributed by atoms with Gasteiger partial charge >= 0.3 is 17.9 Å². The Kier molecular flexibility index (Phi) is 20.1. The van der Waals surface area contributed by atoms with Crippen molar-refractivity contribution in [2.24, 2.45) is 0 Å². The lowest BCUT2D eigenvalue weighted by Gasteiger charge is -2.26. The number of aliphatic hydroxyl groups excluding tert-OH is 4. The van der Waals surface area contributed by atoms with Crippen LogP contribution in [0.15, 0.2) is 35.5 Å². The van der Waals surface area contributed by atoms with E-state index in [4.69, 9.17) is 28.4 Å². The molecule has 0 aliphatic rings. The summed E-state index contributed by atoms with van der Waals surface area (Å²) in [5.74, 6) is -4.01. The lowest BCUT2D eigenvalue weighted by atomic mass is 10.2. The van der Waals surface area contributed by atoms with Gasteiger partial charge in [0, 0.05) is 25.9 Å². The summed E-state index contributed by atoms with van der Waals surface area (Å²) in [7, 11) is 0. The van der Waals surface area contributed by atoms with Gasteiger partial charge in [-0.05, 0) is 39.0 Å². The largest absolute Gasteiger partial charge is 0.502 e. The van der Waals surface area contributed by atoms with E-state index in [0.29, 0.717) is 19.3 Å². The van der Waals surface area contributed by atoms with Gasteiger partial charge in [0.1, 0.15) is 12.2 Å². The normalized spacial score (nSPS) is 14.1. The Morgan fingerprint density at radius 1 is 0.605 bits per heavy atom. The third-order valence-electron chi connectivity index (χ3n) is 4.70. The second kappa shape index (κ2) is 21.9. The van der Waals surface area contributed by atoms with Gasteiger partial charge in [0.15, 0.2) is 17.3 Å². The third-order valence-corrected chi connectivity index (χ3v) is 4.70. The molecule has 0 aromatic rings. The number of aliphatic hydroxyl groups is 4. The fraction of sp³-hybridized carbons (Fsp3) is 0.640. The monoisotopic (exact) mass is 548 g/mol. The van der Waals surface area contributed by atoms with Gasteiger partial charge in [0.05, 0.1) is 46.2 Å². The number of hydrogen-bond donors (Lipinski definition) is 4. The van der Waals surface area contributed by atoms with Crippen LogP contribution in [0.3, 0.4) is 0 Å². The van der Waals surface area contributed by atoms with Gasteiger partial charge in [-0.3, -0.25) is 0 Å². The Morgan fingerprint density at radius 2 is 0.974 bits per heavy atom. The molecule has 2 unspecified atom stereocenters. The fourth-order valence-electron chi connectivity index (χ4n) is 2.56. The molecule has 0 spiro atoms. The summed E-state index contributed by atoms with van der Waals surface area (Å²) < 4.78 is 31.6. The molecule has 13 heteroatoms. The number of carbonyl (C=O) groups is 3. The molecule has 38 heavy (non-hydrogen) atoms. The Hall–Kier alpha value is -3.13. The Balaban J connectivity index is 4.66. The quantitative estimate of drug-likeness (QED) is 0.0536. The molecule has 0 fully saturated rings. The van der Waals surface area contributed by atoms with E-state index in [9.17, 15) is 34.8 Å². The first kappa shape index (κ1) is 34.9. The molecule has 0 aliphatic heterocycles. The van der Waals surface area contributed by atoms with Crippen molar-refractivity contribution in [3.05, 3.63) is 35.5 Å². The van der Waals surface area contributed by atoms with Gasteiger partial charge in [0.25, 0.3) is 0 Å². The molecule has 0 aromatic carbocycles. The number of ether oxygens (including phenoxy) is 6. The molecule has 0 heterocycles. The summed E-state index contributed by atoms with van der Waals surface area (Å²) in [6, 6.07) is 0. The molecule has 4 N–H and O–H groups in total. The lowest BCUT2D eigenvalue weighted by Crippen LogP contribution is -2.39. The highest BCUT2D eigenvalue weighted by Gasteiger charge is 2.23. The van der Waals surface area contributed by atoms with E-state index in [0.717, 1.165) is 0 Å². The first-order valence-electron chi connectivity index (χ1n) is 12.2. The highest BCUT2D eigenvalue weighted by atomic mass is 16.6. The topological polar surface area (TPSA) is 188 Å². The smallest absolute Gasteiger partial charge is 0.373 e. The van der Waals surface area contributed by atoms with E-state index in [-0.39, 0.29) is 46.2 Å². The number of hydrogen-bond acceptors (Lipinski definition) is 13. The zero-order valence-corrected chi connectivity index (χ0v) is 22.1. The van der Waals surface area contributed by atoms with E-state index < -0.39 is 54.0 Å². The molecule has 0 aromatic heterocycles. The van der Waals surface area contributed by atoms with Crippen molar-refractivity contribution in [3.8, 4) is 0 Å². The molecule has 0 aliphatic carbocycles. The van der Waals surface area contributed by atoms with Crippen LogP contribution in [0.5, 0.6) is 0 Å². The SMILES string of the molecule is CC=C(O)C(=O)OCCCOCC(OCCCOC(=O)C(O)=CC)C(CO)OCCCOC(=O)C(O)=CC. The summed E-state index contributed by atoms with van der Waals surface area (Å²) >= 11 is 0. The molecule has 0 saturated carbocycles. The maximum Gasteiger partial charge on any atom is 0.373 e. The maximum atomic E-state index is 11.5. The number of allylic oxidation sites excluding steroid dienone is 3. The Bertz CT molecular complexity index is 788. The van der Waals surface area contributed by atoms with Gasteiger partial charge in [-0.15, -0.1) is 0 Å². The minimum absolute atomic E-state index is 0.0101. The van der Waals surface area contributed by atoms with E-state index in [1.54, 1.807) is 0 Å². The zero-order chi connectivity index (χ0) is 28.8. The van der Waals surface area contributed by atoms with E-state index in [1.807, 2.05) is 0 Å². The molecule has 13 nitrogen and oxygen atoms in total. The van der Waals surface area contributed by atoms with Gasteiger partial charge in [-0.2, -0.15) is 0 Å². The van der Waals surface area contributed by atoms with Crippen molar-refractivity contribution in [2.45, 2.75) is 52.2 Å². The first-order valence-corrected chi connectivity index (χ1v) is 12.2. The summed E-state index contributed by atoms with van der Waals surface area (Å²) in [4.78, 5) is 34.3. The molecular formula is C25H40O13. The summed E-state index contributed by atoms with van der Waals surface area (Å²) in [5.41, 5.74) is 0. The Labute approximate surface area is 222 Å². The lowest BCUT2D eigenvalue weighted by molar-refractivity contribution is -0.146. The van der Waals surface area contributed by atoms with Crippen LogP contribution in [0, 0.1) is 0 Å². The van der Waals surface area contributed by atoms with Crippen LogP contribution in [0.1, 0.15) is 40.0 Å². The van der Waals surface area contributed by atoms with Crippen molar-refractivity contribution in [1.82, 2.24) is 0 Å². The van der Waals surface area contributed by atoms with Crippen molar-refractivity contribution in [2.75, 3.05) is 52.9 Å². The number of carbonyl (C=O) groups excluding carboxylic acids is 3. The second-order valence-electron chi connectivity index (χ2n) is 7.57. The first-order chi connectivity index (χ1) is 18.2. The van der Waals surface area contributed by atoms with Gasteiger partial charge in [-0.25, -0.2) is 14.4 Å². The molecule has 0 saturated heterocycles. The predicted molar refractivity (Wildman–Crippen MR) is 133 cm³/mol. The maximum absolute atomic E-state index is 11.5. The van der Waals surface area contributed by atoms with Crippen LogP contribution in [-0.2, 0) is 42.8 Å². The average molecular weight is 549 g/mol. The van der Waals surface area contributed by atoms with Crippen molar-refractivity contribution in [1.29, 1.82) is 0 Å². The van der Waals surface area contributed by atoms with E-state index in [1.165, 1.54) is 39.0 Å². The number of rotatable bonds is 21. The average Bonchev–Trinajstić information content (AvgIpc) is 2.93. The van der Waals surface area contributed by atoms with Gasteiger partial charge < -0.3 is 48.8 Å².